The number of aromatic nitrogens is 4. The summed E-state index contributed by atoms with van der Waals surface area (Å²) in [5.41, 5.74) is 0. The van der Waals surface area contributed by atoms with Crippen molar-refractivity contribution in [2.75, 3.05) is 5.32 Å². The summed E-state index contributed by atoms with van der Waals surface area (Å²) in [4.78, 5) is 16.1. The molecule has 0 radical (unpaired) electrons. The number of nitrogens with zero attached hydrogens (tertiary/aromatic N) is 4. The summed E-state index contributed by atoms with van der Waals surface area (Å²) in [5.74, 6) is 0.0675. The molecule has 1 amide bonds. The second-order valence-corrected chi connectivity index (χ2v) is 6.28. The van der Waals surface area contributed by atoms with Gasteiger partial charge in [0.25, 0.3) is 0 Å². The van der Waals surface area contributed by atoms with Crippen LogP contribution in [-0.4, -0.2) is 30.9 Å². The number of halogens is 2. The molecule has 21 heavy (non-hydrogen) atoms. The molecule has 2 aromatic heterocycles. The Morgan fingerprint density at radius 2 is 2.29 bits per heavy atom. The van der Waals surface area contributed by atoms with E-state index < -0.39 is 0 Å². The highest BCUT2D eigenvalue weighted by Crippen LogP contribution is 2.25. The molecule has 0 aromatic carbocycles. The number of hydrogen-bond donors (Lipinski definition) is 1. The van der Waals surface area contributed by atoms with E-state index in [1.807, 2.05) is 11.5 Å². The van der Waals surface area contributed by atoms with Crippen LogP contribution in [-0.2, 0) is 11.3 Å². The Morgan fingerprint density at radius 1 is 1.52 bits per heavy atom. The third-order valence-corrected chi connectivity index (χ3v) is 4.21. The summed E-state index contributed by atoms with van der Waals surface area (Å²) in [6.45, 7) is 4.50. The highest BCUT2D eigenvalue weighted by Gasteiger charge is 2.19. The van der Waals surface area contributed by atoms with Gasteiger partial charge in [0.2, 0.25) is 5.91 Å². The predicted octanol–water partition coefficient (Wildman–Crippen LogP) is 3.12. The summed E-state index contributed by atoms with van der Waals surface area (Å²) < 4.78 is 1.86. The van der Waals surface area contributed by atoms with E-state index in [9.17, 15) is 4.79 Å². The van der Waals surface area contributed by atoms with Gasteiger partial charge in [0, 0.05) is 12.7 Å². The Balaban J connectivity index is 2.02. The summed E-state index contributed by atoms with van der Waals surface area (Å²) in [6, 6.07) is 1.53. The number of amides is 1. The van der Waals surface area contributed by atoms with E-state index in [4.69, 9.17) is 23.2 Å². The Morgan fingerprint density at radius 3 is 2.95 bits per heavy atom. The van der Waals surface area contributed by atoms with Crippen LogP contribution >= 0.6 is 35.0 Å². The first kappa shape index (κ1) is 16.1. The van der Waals surface area contributed by atoms with Crippen molar-refractivity contribution in [1.82, 2.24) is 19.7 Å². The lowest BCUT2D eigenvalue weighted by Gasteiger charge is -2.12. The molecule has 2 heterocycles. The predicted molar refractivity (Wildman–Crippen MR) is 83.9 cm³/mol. The van der Waals surface area contributed by atoms with Crippen molar-refractivity contribution >= 4 is 46.7 Å². The van der Waals surface area contributed by atoms with E-state index in [0.717, 1.165) is 6.54 Å². The van der Waals surface area contributed by atoms with Gasteiger partial charge in [0.15, 0.2) is 11.0 Å². The molecule has 9 heteroatoms. The van der Waals surface area contributed by atoms with Crippen LogP contribution < -0.4 is 5.32 Å². The highest BCUT2D eigenvalue weighted by atomic mass is 35.5. The molecular weight excluding hydrogens is 333 g/mol. The third-order valence-electron chi connectivity index (χ3n) is 2.62. The topological polar surface area (TPSA) is 72.7 Å². The number of hydrogen-bond acceptors (Lipinski definition) is 5. The molecule has 0 aliphatic heterocycles. The molecule has 0 fully saturated rings. The Hall–Kier alpha value is -1.31. The fourth-order valence-electron chi connectivity index (χ4n) is 1.49. The normalized spacial score (nSPS) is 12.2. The van der Waals surface area contributed by atoms with Crippen LogP contribution in [0.2, 0.25) is 10.0 Å². The SMILES string of the molecule is CCn1cnnc1S[C@H](C)C(=O)Nc1ncc(Cl)cc1Cl. The standard InChI is InChI=1S/C12H13Cl2N5OS/c1-3-19-6-16-18-12(19)21-7(2)11(20)17-10-9(14)4-8(13)5-15-10/h4-7H,3H2,1-2H3,(H,15,17,20)/t7-/m1/s1. The van der Waals surface area contributed by atoms with E-state index in [-0.39, 0.29) is 17.0 Å². The van der Waals surface area contributed by atoms with Crippen molar-refractivity contribution in [2.45, 2.75) is 30.8 Å². The largest absolute Gasteiger partial charge is 0.309 e. The first-order chi connectivity index (χ1) is 10.0. The van der Waals surface area contributed by atoms with Crippen LogP contribution in [0, 0.1) is 0 Å². The molecule has 0 bridgehead atoms. The highest BCUT2D eigenvalue weighted by molar-refractivity contribution is 8.00. The van der Waals surface area contributed by atoms with Gasteiger partial charge in [-0.3, -0.25) is 4.79 Å². The number of carbonyl (C=O) groups is 1. The Kier molecular flexibility index (Phi) is 5.44. The third kappa shape index (κ3) is 4.09. The van der Waals surface area contributed by atoms with Crippen molar-refractivity contribution in [3.63, 3.8) is 0 Å². The van der Waals surface area contributed by atoms with Gasteiger partial charge in [-0.25, -0.2) is 4.98 Å². The van der Waals surface area contributed by atoms with Crippen LogP contribution in [0.25, 0.3) is 0 Å². The minimum atomic E-state index is -0.368. The monoisotopic (exact) mass is 345 g/mol. The molecule has 0 spiro atoms. The van der Waals surface area contributed by atoms with E-state index in [2.05, 4.69) is 20.5 Å². The van der Waals surface area contributed by atoms with Gasteiger partial charge >= 0.3 is 0 Å². The number of carbonyl (C=O) groups excluding carboxylic acids is 1. The number of rotatable bonds is 5. The number of aryl methyl sites for hydroxylation is 1. The van der Waals surface area contributed by atoms with Gasteiger partial charge in [-0.1, -0.05) is 35.0 Å². The minimum Gasteiger partial charge on any atom is -0.309 e. The van der Waals surface area contributed by atoms with Crippen molar-refractivity contribution in [2.24, 2.45) is 0 Å². The smallest absolute Gasteiger partial charge is 0.238 e. The van der Waals surface area contributed by atoms with Crippen LogP contribution in [0.3, 0.4) is 0 Å². The zero-order valence-corrected chi connectivity index (χ0v) is 13.7. The van der Waals surface area contributed by atoms with Crippen molar-refractivity contribution in [3.8, 4) is 0 Å². The molecule has 112 valence electrons. The van der Waals surface area contributed by atoms with Gasteiger partial charge in [0.05, 0.1) is 15.3 Å². The van der Waals surface area contributed by atoms with E-state index in [1.54, 1.807) is 13.3 Å². The van der Waals surface area contributed by atoms with Gasteiger partial charge in [-0.15, -0.1) is 10.2 Å². The summed E-state index contributed by atoms with van der Waals surface area (Å²) >= 11 is 13.1. The summed E-state index contributed by atoms with van der Waals surface area (Å²) in [5, 5.41) is 11.5. The van der Waals surface area contributed by atoms with Crippen LogP contribution in [0.15, 0.2) is 23.7 Å². The quantitative estimate of drug-likeness (QED) is 0.842. The molecule has 0 saturated heterocycles. The van der Waals surface area contributed by atoms with Crippen LogP contribution in [0.1, 0.15) is 13.8 Å². The lowest BCUT2D eigenvalue weighted by molar-refractivity contribution is -0.115. The lowest BCUT2D eigenvalue weighted by atomic mass is 10.4. The summed E-state index contributed by atoms with van der Waals surface area (Å²) in [6.07, 6.45) is 3.05. The molecule has 2 aromatic rings. The second-order valence-electron chi connectivity index (χ2n) is 4.13. The lowest BCUT2D eigenvalue weighted by Crippen LogP contribution is -2.23. The Labute approximate surface area is 136 Å². The fraction of sp³-hybridized carbons (Fsp3) is 0.333. The van der Waals surface area contributed by atoms with Gasteiger partial charge in [0.1, 0.15) is 6.33 Å². The number of nitrogens with one attached hydrogen (secondary N) is 1. The van der Waals surface area contributed by atoms with E-state index in [0.29, 0.717) is 15.2 Å². The zero-order chi connectivity index (χ0) is 15.4. The van der Waals surface area contributed by atoms with Crippen molar-refractivity contribution in [3.05, 3.63) is 28.6 Å². The van der Waals surface area contributed by atoms with Crippen LogP contribution in [0.4, 0.5) is 5.82 Å². The number of thioether (sulfide) groups is 1. The average molecular weight is 346 g/mol. The Bertz CT molecular complexity index is 648. The van der Waals surface area contributed by atoms with E-state index in [1.165, 1.54) is 24.0 Å². The first-order valence-corrected chi connectivity index (χ1v) is 7.81. The first-order valence-electron chi connectivity index (χ1n) is 6.17. The minimum absolute atomic E-state index is 0.220. The number of anilines is 1. The molecule has 1 N–H and O–H groups in total. The summed E-state index contributed by atoms with van der Waals surface area (Å²) in [7, 11) is 0. The van der Waals surface area contributed by atoms with Gasteiger partial charge in [-0.2, -0.15) is 0 Å². The molecule has 0 aliphatic rings. The maximum absolute atomic E-state index is 12.2. The molecule has 2 rings (SSSR count). The molecule has 1 atom stereocenters. The molecular formula is C12H13Cl2N5OS. The van der Waals surface area contributed by atoms with Crippen molar-refractivity contribution < 1.29 is 4.79 Å². The van der Waals surface area contributed by atoms with Crippen molar-refractivity contribution in [1.29, 1.82) is 0 Å². The maximum atomic E-state index is 12.2. The van der Waals surface area contributed by atoms with Crippen LogP contribution in [0.5, 0.6) is 0 Å². The molecule has 0 unspecified atom stereocenters. The molecule has 6 nitrogen and oxygen atoms in total. The number of pyridine rings is 1. The van der Waals surface area contributed by atoms with E-state index >= 15 is 0 Å². The van der Waals surface area contributed by atoms with Gasteiger partial charge < -0.3 is 9.88 Å². The van der Waals surface area contributed by atoms with Gasteiger partial charge in [-0.05, 0) is 19.9 Å². The molecule has 0 saturated carbocycles. The zero-order valence-electron chi connectivity index (χ0n) is 11.4. The fourth-order valence-corrected chi connectivity index (χ4v) is 2.80. The molecule has 0 aliphatic carbocycles. The second kappa shape index (κ2) is 7.11. The maximum Gasteiger partial charge on any atom is 0.238 e. The average Bonchev–Trinajstić information content (AvgIpc) is 2.89.